The van der Waals surface area contributed by atoms with Crippen LogP contribution in [0.25, 0.3) is 0 Å². The Bertz CT molecular complexity index is 618. The molecule has 2 saturated heterocycles. The van der Waals surface area contributed by atoms with E-state index in [2.05, 4.69) is 16.0 Å². The first-order valence-corrected chi connectivity index (χ1v) is 8.87. The number of aromatic nitrogens is 1. The van der Waals surface area contributed by atoms with E-state index in [9.17, 15) is 10.1 Å². The Labute approximate surface area is 143 Å². The number of anilines is 1. The van der Waals surface area contributed by atoms with E-state index < -0.39 is 0 Å². The van der Waals surface area contributed by atoms with Gasteiger partial charge in [-0.25, -0.2) is 9.78 Å². The molecule has 2 amide bonds. The van der Waals surface area contributed by atoms with E-state index in [-0.39, 0.29) is 12.1 Å². The van der Waals surface area contributed by atoms with Gasteiger partial charge in [0.25, 0.3) is 0 Å². The van der Waals surface area contributed by atoms with E-state index in [1.165, 1.54) is 12.8 Å². The summed E-state index contributed by atoms with van der Waals surface area (Å²) in [5, 5.41) is 9.26. The van der Waals surface area contributed by atoms with Crippen molar-refractivity contribution in [3.63, 3.8) is 0 Å². The molecule has 0 aliphatic carbocycles. The Balaban J connectivity index is 1.68. The van der Waals surface area contributed by atoms with Gasteiger partial charge in [-0.2, -0.15) is 5.26 Å². The number of rotatable bonds is 2. The topological polar surface area (TPSA) is 86.2 Å². The van der Waals surface area contributed by atoms with Crippen LogP contribution >= 0.6 is 0 Å². The minimum atomic E-state index is -0.277. The highest BCUT2D eigenvalue weighted by molar-refractivity contribution is 5.72. The number of urea groups is 1. The molecule has 2 fully saturated rings. The summed E-state index contributed by atoms with van der Waals surface area (Å²) in [4.78, 5) is 20.3. The average molecular weight is 327 g/mol. The maximum atomic E-state index is 11.8. The molecule has 1 aromatic rings. The van der Waals surface area contributed by atoms with Gasteiger partial charge in [-0.1, -0.05) is 12.8 Å². The second-order valence-corrected chi connectivity index (χ2v) is 6.76. The molecule has 2 N–H and O–H groups in total. The van der Waals surface area contributed by atoms with Gasteiger partial charge in [0.1, 0.15) is 11.9 Å². The molecule has 24 heavy (non-hydrogen) atoms. The molecule has 0 bridgehead atoms. The predicted octanol–water partition coefficient (Wildman–Crippen LogP) is 2.49. The van der Waals surface area contributed by atoms with E-state index in [1.807, 2.05) is 11.0 Å². The Kier molecular flexibility index (Phi) is 5.19. The van der Waals surface area contributed by atoms with Gasteiger partial charge in [-0.05, 0) is 43.7 Å². The van der Waals surface area contributed by atoms with E-state index >= 15 is 0 Å². The van der Waals surface area contributed by atoms with Crippen LogP contribution in [0.1, 0.15) is 44.1 Å². The standard InChI is InChI=1S/C18H25N5O/c19-13-15-5-4-9-21-17(15)22-11-7-14(8-12-22)16-6-2-1-3-10-23(16)18(20)24/h4-5,9,14,16H,1-3,6-8,10-12H2,(H2,20,24)/t16-/m1/s1. The second-order valence-electron chi connectivity index (χ2n) is 6.76. The van der Waals surface area contributed by atoms with Crippen molar-refractivity contribution in [2.75, 3.05) is 24.5 Å². The summed E-state index contributed by atoms with van der Waals surface area (Å²) in [6.45, 7) is 2.54. The molecule has 0 radical (unpaired) electrons. The lowest BCUT2D eigenvalue weighted by Crippen LogP contribution is -2.49. The highest BCUT2D eigenvalue weighted by Gasteiger charge is 2.33. The molecule has 3 rings (SSSR count). The zero-order chi connectivity index (χ0) is 16.9. The molecule has 1 aromatic heterocycles. The summed E-state index contributed by atoms with van der Waals surface area (Å²) in [6, 6.07) is 5.83. The number of hydrogen-bond acceptors (Lipinski definition) is 4. The molecular weight excluding hydrogens is 302 g/mol. The van der Waals surface area contributed by atoms with Crippen molar-refractivity contribution in [2.45, 2.75) is 44.6 Å². The lowest BCUT2D eigenvalue weighted by atomic mass is 9.86. The van der Waals surface area contributed by atoms with Crippen LogP contribution < -0.4 is 10.6 Å². The molecule has 3 heterocycles. The van der Waals surface area contributed by atoms with Crippen LogP contribution in [0.5, 0.6) is 0 Å². The van der Waals surface area contributed by atoms with Crippen LogP contribution in [0.4, 0.5) is 10.6 Å². The first kappa shape index (κ1) is 16.6. The maximum absolute atomic E-state index is 11.8. The largest absolute Gasteiger partial charge is 0.356 e. The number of nitriles is 1. The van der Waals surface area contributed by atoms with Gasteiger partial charge in [0.05, 0.1) is 5.56 Å². The van der Waals surface area contributed by atoms with Crippen LogP contribution in [0, 0.1) is 17.2 Å². The summed E-state index contributed by atoms with van der Waals surface area (Å²) in [6.07, 6.45) is 8.22. The first-order valence-electron chi connectivity index (χ1n) is 8.87. The number of primary amides is 1. The summed E-state index contributed by atoms with van der Waals surface area (Å²) in [5.41, 5.74) is 6.25. The van der Waals surface area contributed by atoms with Crippen LogP contribution in [0.3, 0.4) is 0 Å². The third-order valence-corrected chi connectivity index (χ3v) is 5.37. The van der Waals surface area contributed by atoms with E-state index in [1.54, 1.807) is 12.3 Å². The minimum Gasteiger partial charge on any atom is -0.356 e. The van der Waals surface area contributed by atoms with Gasteiger partial charge in [0.15, 0.2) is 0 Å². The summed E-state index contributed by atoms with van der Waals surface area (Å²) in [7, 11) is 0. The third-order valence-electron chi connectivity index (χ3n) is 5.37. The zero-order valence-electron chi connectivity index (χ0n) is 14.0. The van der Waals surface area contributed by atoms with Gasteiger partial charge < -0.3 is 15.5 Å². The normalized spacial score (nSPS) is 22.7. The highest BCUT2D eigenvalue weighted by atomic mass is 16.2. The molecule has 6 heteroatoms. The average Bonchev–Trinajstić information content (AvgIpc) is 2.88. The molecule has 0 unspecified atom stereocenters. The van der Waals surface area contributed by atoms with Gasteiger partial charge in [-0.15, -0.1) is 0 Å². The molecule has 2 aliphatic heterocycles. The fraction of sp³-hybridized carbons (Fsp3) is 0.611. The Morgan fingerprint density at radius 1 is 1.21 bits per heavy atom. The summed E-state index contributed by atoms with van der Waals surface area (Å²) >= 11 is 0. The van der Waals surface area contributed by atoms with Crippen LogP contribution in [-0.2, 0) is 0 Å². The lowest BCUT2D eigenvalue weighted by molar-refractivity contribution is 0.143. The number of nitrogens with zero attached hydrogens (tertiary/aromatic N) is 4. The monoisotopic (exact) mass is 327 g/mol. The zero-order valence-corrected chi connectivity index (χ0v) is 14.0. The SMILES string of the molecule is N#Cc1cccnc1N1CCC([C@H]2CCCCCN2C(N)=O)CC1. The first-order chi connectivity index (χ1) is 11.7. The van der Waals surface area contributed by atoms with Crippen molar-refractivity contribution in [3.8, 4) is 6.07 Å². The fourth-order valence-corrected chi connectivity index (χ4v) is 4.13. The van der Waals surface area contributed by atoms with Crippen LogP contribution in [0.2, 0.25) is 0 Å². The number of likely N-dealkylation sites (tertiary alicyclic amines) is 1. The van der Waals surface area contributed by atoms with E-state index in [4.69, 9.17) is 5.73 Å². The number of amides is 2. The number of carbonyl (C=O) groups is 1. The second kappa shape index (κ2) is 7.52. The van der Waals surface area contributed by atoms with Crippen molar-refractivity contribution in [2.24, 2.45) is 11.7 Å². The number of piperidine rings is 1. The number of hydrogen-bond donors (Lipinski definition) is 1. The van der Waals surface area contributed by atoms with Gasteiger partial charge in [-0.3, -0.25) is 0 Å². The number of carbonyl (C=O) groups excluding carboxylic acids is 1. The van der Waals surface area contributed by atoms with Crippen molar-refractivity contribution in [3.05, 3.63) is 23.9 Å². The van der Waals surface area contributed by atoms with Crippen molar-refractivity contribution < 1.29 is 4.79 Å². The minimum absolute atomic E-state index is 0.270. The maximum Gasteiger partial charge on any atom is 0.315 e. The Morgan fingerprint density at radius 2 is 2.00 bits per heavy atom. The summed E-state index contributed by atoms with van der Waals surface area (Å²) < 4.78 is 0. The van der Waals surface area contributed by atoms with Crippen LogP contribution in [-0.4, -0.2) is 41.6 Å². The van der Waals surface area contributed by atoms with E-state index in [0.717, 1.165) is 51.1 Å². The molecule has 6 nitrogen and oxygen atoms in total. The number of nitrogens with two attached hydrogens (primary N) is 1. The molecule has 0 spiro atoms. The van der Waals surface area contributed by atoms with Crippen molar-refractivity contribution in [1.29, 1.82) is 5.26 Å². The number of pyridine rings is 1. The van der Waals surface area contributed by atoms with Crippen LogP contribution in [0.15, 0.2) is 18.3 Å². The van der Waals surface area contributed by atoms with Gasteiger partial charge in [0, 0.05) is 31.9 Å². The van der Waals surface area contributed by atoms with E-state index in [0.29, 0.717) is 11.5 Å². The third kappa shape index (κ3) is 3.45. The fourth-order valence-electron chi connectivity index (χ4n) is 4.13. The molecule has 0 aromatic carbocycles. The molecule has 2 aliphatic rings. The molecule has 0 saturated carbocycles. The smallest absolute Gasteiger partial charge is 0.315 e. The Morgan fingerprint density at radius 3 is 2.71 bits per heavy atom. The van der Waals surface area contributed by atoms with Crippen molar-refractivity contribution in [1.82, 2.24) is 9.88 Å². The Hall–Kier alpha value is -2.29. The van der Waals surface area contributed by atoms with Gasteiger partial charge >= 0.3 is 6.03 Å². The van der Waals surface area contributed by atoms with Crippen molar-refractivity contribution >= 4 is 11.8 Å². The predicted molar refractivity (Wildman–Crippen MR) is 92.4 cm³/mol. The van der Waals surface area contributed by atoms with Gasteiger partial charge in [0.2, 0.25) is 0 Å². The molecular formula is C18H25N5O. The lowest BCUT2D eigenvalue weighted by Gasteiger charge is -2.40. The highest BCUT2D eigenvalue weighted by Crippen LogP contribution is 2.31. The molecule has 128 valence electrons. The quantitative estimate of drug-likeness (QED) is 0.904. The summed E-state index contributed by atoms with van der Waals surface area (Å²) in [5.74, 6) is 1.27. The molecule has 1 atom stereocenters.